The topological polar surface area (TPSA) is 86.5 Å². The molecule has 2 aromatic rings. The van der Waals surface area contributed by atoms with E-state index in [0.29, 0.717) is 5.75 Å². The molecule has 0 amide bonds. The molecule has 1 unspecified atom stereocenters. The highest BCUT2D eigenvalue weighted by Crippen LogP contribution is 2.40. The molecule has 0 bridgehead atoms. The van der Waals surface area contributed by atoms with Crippen molar-refractivity contribution in [2.24, 2.45) is 5.14 Å². The second-order valence-electron chi connectivity index (χ2n) is 6.86. The van der Waals surface area contributed by atoms with Gasteiger partial charge < -0.3 is 4.74 Å². The van der Waals surface area contributed by atoms with Crippen LogP contribution < -0.4 is 9.88 Å². The lowest BCUT2D eigenvalue weighted by molar-refractivity contribution is 0.414. The summed E-state index contributed by atoms with van der Waals surface area (Å²) in [5, 5.41) is 5.17. The summed E-state index contributed by atoms with van der Waals surface area (Å²) < 4.78 is 40.4. The number of ether oxygens (including phenoxy) is 1. The molecule has 1 atom stereocenters. The summed E-state index contributed by atoms with van der Waals surface area (Å²) >= 11 is 0. The van der Waals surface area contributed by atoms with Gasteiger partial charge in [0, 0.05) is 22.8 Å². The van der Waals surface area contributed by atoms with E-state index in [4.69, 9.17) is 9.88 Å². The van der Waals surface area contributed by atoms with Gasteiger partial charge in [0.1, 0.15) is 5.75 Å². The summed E-state index contributed by atoms with van der Waals surface area (Å²) in [4.78, 5) is 0.0663. The van der Waals surface area contributed by atoms with Crippen LogP contribution in [0.1, 0.15) is 23.6 Å². The third-order valence-corrected chi connectivity index (χ3v) is 6.34. The molecule has 0 radical (unpaired) electrons. The fraction of sp³-hybridized carbons (Fsp3) is 0.238. The quantitative estimate of drug-likeness (QED) is 0.782. The minimum atomic E-state index is -3.73. The van der Waals surface area contributed by atoms with Gasteiger partial charge in [0.05, 0.1) is 12.0 Å². The van der Waals surface area contributed by atoms with Crippen LogP contribution in [0, 0.1) is 0 Å². The second kappa shape index (κ2) is 8.03. The number of hydrogen-bond donors (Lipinski definition) is 1. The van der Waals surface area contributed by atoms with Gasteiger partial charge in [0.2, 0.25) is 10.0 Å². The van der Waals surface area contributed by atoms with Gasteiger partial charge in [-0.3, -0.25) is 4.21 Å². The van der Waals surface area contributed by atoms with Gasteiger partial charge in [0.25, 0.3) is 0 Å². The molecule has 2 aromatic carbocycles. The van der Waals surface area contributed by atoms with E-state index in [0.717, 1.165) is 34.4 Å². The summed E-state index contributed by atoms with van der Waals surface area (Å²) in [6.45, 7) is 2.08. The third-order valence-electron chi connectivity index (χ3n) is 4.70. The van der Waals surface area contributed by atoms with Gasteiger partial charge >= 0.3 is 0 Å². The highest BCUT2D eigenvalue weighted by Gasteiger charge is 2.23. The summed E-state index contributed by atoms with van der Waals surface area (Å²) in [6.07, 6.45) is 4.48. The van der Waals surface area contributed by atoms with Crippen LogP contribution in [0.2, 0.25) is 0 Å². The average molecular weight is 418 g/mol. The van der Waals surface area contributed by atoms with E-state index in [2.05, 4.69) is 13.0 Å². The molecule has 0 aromatic heterocycles. The molecule has 28 heavy (non-hydrogen) atoms. The first-order chi connectivity index (χ1) is 13.2. The molecule has 0 aliphatic heterocycles. The predicted molar refractivity (Wildman–Crippen MR) is 114 cm³/mol. The monoisotopic (exact) mass is 417 g/mol. The van der Waals surface area contributed by atoms with Crippen LogP contribution in [-0.4, -0.2) is 31.7 Å². The number of fused-ring (bicyclic) bond motifs is 1. The Labute approximate surface area is 168 Å². The van der Waals surface area contributed by atoms with Crippen molar-refractivity contribution in [1.29, 1.82) is 0 Å². The first kappa shape index (κ1) is 20.5. The van der Waals surface area contributed by atoms with E-state index >= 15 is 0 Å². The molecular formula is C21H23NO4S2. The molecular weight excluding hydrogens is 394 g/mol. The summed E-state index contributed by atoms with van der Waals surface area (Å²) in [6, 6.07) is 12.4. The maximum atomic E-state index is 12.1. The lowest BCUT2D eigenvalue weighted by atomic mass is 9.96. The van der Waals surface area contributed by atoms with Crippen molar-refractivity contribution in [3.8, 4) is 5.75 Å². The van der Waals surface area contributed by atoms with E-state index < -0.39 is 20.8 Å². The van der Waals surface area contributed by atoms with Crippen LogP contribution in [0.25, 0.3) is 11.6 Å². The predicted octanol–water partition coefficient (Wildman–Crippen LogP) is 3.13. The minimum absolute atomic E-state index is 0.0663. The molecule has 1 aliphatic carbocycles. The Kier molecular flexibility index (Phi) is 5.88. The first-order valence-electron chi connectivity index (χ1n) is 8.70. The van der Waals surface area contributed by atoms with Gasteiger partial charge in [-0.2, -0.15) is 0 Å². The molecule has 2 N–H and O–H groups in total. The largest absolute Gasteiger partial charge is 0.497 e. The van der Waals surface area contributed by atoms with Crippen LogP contribution in [0.4, 0.5) is 0 Å². The summed E-state index contributed by atoms with van der Waals surface area (Å²) in [5.74, 6) is 1.18. The van der Waals surface area contributed by atoms with Gasteiger partial charge in [-0.05, 0) is 65.4 Å². The SMILES string of the molecule is COc1ccc2c(c1)C(C(=Cc1ccc(S(N)(=O)=O)cc1)CS(C)=O)=C(C)C2. The zero-order valence-corrected chi connectivity index (χ0v) is 17.7. The molecule has 148 valence electrons. The number of allylic oxidation sites excluding steroid dienone is 2. The van der Waals surface area contributed by atoms with Crippen LogP contribution in [-0.2, 0) is 27.2 Å². The molecule has 1 aliphatic rings. The van der Waals surface area contributed by atoms with Gasteiger partial charge in [-0.25, -0.2) is 13.6 Å². The number of rotatable bonds is 6. The van der Waals surface area contributed by atoms with E-state index in [1.807, 2.05) is 18.2 Å². The van der Waals surface area contributed by atoms with Crippen molar-refractivity contribution in [1.82, 2.24) is 0 Å². The van der Waals surface area contributed by atoms with Crippen molar-refractivity contribution in [2.45, 2.75) is 18.2 Å². The Balaban J connectivity index is 2.08. The normalized spacial score (nSPS) is 15.5. The lowest BCUT2D eigenvalue weighted by Gasteiger charge is -2.13. The minimum Gasteiger partial charge on any atom is -0.497 e. The van der Waals surface area contributed by atoms with Crippen LogP contribution >= 0.6 is 0 Å². The standard InChI is InChI=1S/C21H23NO4S2/c1-14-10-16-6-7-18(26-2)12-20(16)21(14)17(13-27(3)23)11-15-4-8-19(9-5-15)28(22,24)25/h4-9,11-12H,10,13H2,1-3H3,(H2,22,24,25). The maximum absolute atomic E-state index is 12.1. The third kappa shape index (κ3) is 4.43. The van der Waals surface area contributed by atoms with Crippen molar-refractivity contribution >= 4 is 32.5 Å². The van der Waals surface area contributed by atoms with Gasteiger partial charge in [-0.1, -0.05) is 29.8 Å². The molecule has 0 saturated heterocycles. The molecule has 0 heterocycles. The van der Waals surface area contributed by atoms with Crippen molar-refractivity contribution in [2.75, 3.05) is 19.1 Å². The van der Waals surface area contributed by atoms with Gasteiger partial charge in [0.15, 0.2) is 0 Å². The molecule has 3 rings (SSSR count). The number of methoxy groups -OCH3 is 1. The fourth-order valence-electron chi connectivity index (χ4n) is 3.48. The Morgan fingerprint density at radius 2 is 1.89 bits per heavy atom. The van der Waals surface area contributed by atoms with E-state index in [9.17, 15) is 12.6 Å². The highest BCUT2D eigenvalue weighted by atomic mass is 32.2. The molecule has 7 heteroatoms. The van der Waals surface area contributed by atoms with E-state index in [-0.39, 0.29) is 4.90 Å². The van der Waals surface area contributed by atoms with E-state index in [1.165, 1.54) is 23.3 Å². The number of primary sulfonamides is 1. The molecule has 0 fully saturated rings. The average Bonchev–Trinajstić information content (AvgIpc) is 2.95. The Morgan fingerprint density at radius 3 is 2.46 bits per heavy atom. The van der Waals surface area contributed by atoms with Crippen molar-refractivity contribution < 1.29 is 17.4 Å². The first-order valence-corrected chi connectivity index (χ1v) is 12.0. The zero-order valence-electron chi connectivity index (χ0n) is 16.1. The second-order valence-corrected chi connectivity index (χ2v) is 9.85. The van der Waals surface area contributed by atoms with Crippen LogP contribution in [0.15, 0.2) is 58.5 Å². The van der Waals surface area contributed by atoms with Crippen LogP contribution in [0.3, 0.4) is 0 Å². The fourth-order valence-corrected chi connectivity index (χ4v) is 4.66. The molecule has 5 nitrogen and oxygen atoms in total. The molecule has 0 spiro atoms. The number of benzene rings is 2. The molecule has 0 saturated carbocycles. The van der Waals surface area contributed by atoms with Gasteiger partial charge in [-0.15, -0.1) is 0 Å². The number of nitrogens with two attached hydrogens (primary N) is 1. The smallest absolute Gasteiger partial charge is 0.238 e. The Bertz CT molecular complexity index is 1100. The number of hydrogen-bond acceptors (Lipinski definition) is 4. The lowest BCUT2D eigenvalue weighted by Crippen LogP contribution is -2.11. The van der Waals surface area contributed by atoms with Crippen LogP contribution in [0.5, 0.6) is 5.75 Å². The summed E-state index contributed by atoms with van der Waals surface area (Å²) in [7, 11) is -3.13. The Hall–Kier alpha value is -2.22. The number of sulfonamides is 1. The highest BCUT2D eigenvalue weighted by molar-refractivity contribution is 7.89. The maximum Gasteiger partial charge on any atom is 0.238 e. The van der Waals surface area contributed by atoms with Crippen molar-refractivity contribution in [3.05, 3.63) is 70.3 Å². The van der Waals surface area contributed by atoms with E-state index in [1.54, 1.807) is 25.5 Å². The zero-order chi connectivity index (χ0) is 20.5. The Morgan fingerprint density at radius 1 is 1.21 bits per heavy atom. The van der Waals surface area contributed by atoms with Crippen molar-refractivity contribution in [3.63, 3.8) is 0 Å². The summed E-state index contributed by atoms with van der Waals surface area (Å²) in [5.41, 5.74) is 6.37.